The van der Waals surface area contributed by atoms with Gasteiger partial charge in [-0.25, -0.2) is 13.4 Å². The topological polar surface area (TPSA) is 140 Å². The van der Waals surface area contributed by atoms with Crippen LogP contribution >= 0.6 is 11.6 Å². The number of ether oxygens (including phenoxy) is 1. The highest BCUT2D eigenvalue weighted by Gasteiger charge is 2.33. The van der Waals surface area contributed by atoms with E-state index in [1.807, 2.05) is 4.90 Å². The first-order valence-electron chi connectivity index (χ1n) is 14.6. The van der Waals surface area contributed by atoms with E-state index in [0.29, 0.717) is 24.7 Å². The van der Waals surface area contributed by atoms with Crippen LogP contribution in [0, 0.1) is 6.92 Å². The number of rotatable bonds is 8. The third kappa shape index (κ3) is 6.30. The van der Waals surface area contributed by atoms with Gasteiger partial charge in [-0.3, -0.25) is 4.79 Å². The highest BCUT2D eigenvalue weighted by Crippen LogP contribution is 2.46. The number of benzene rings is 2. The van der Waals surface area contributed by atoms with Gasteiger partial charge in [0.05, 0.1) is 33.8 Å². The highest BCUT2D eigenvalue weighted by atomic mass is 35.5. The average Bonchev–Trinajstić information content (AvgIpc) is 3.36. The Labute approximate surface area is 258 Å². The molecule has 1 fully saturated rings. The Balaban J connectivity index is 1.42. The lowest BCUT2D eigenvalue weighted by Crippen LogP contribution is -2.45. The van der Waals surface area contributed by atoms with Gasteiger partial charge in [0.2, 0.25) is 11.9 Å². The number of sulfone groups is 1. The van der Waals surface area contributed by atoms with Crippen LogP contribution < -0.4 is 21.1 Å². The number of likely N-dealkylation sites (tertiary alicyclic amines) is 1. The van der Waals surface area contributed by atoms with Crippen molar-refractivity contribution in [2.75, 3.05) is 23.7 Å². The molecule has 12 heteroatoms. The monoisotopic (exact) mass is 626 g/mol. The van der Waals surface area contributed by atoms with Crippen LogP contribution in [0.25, 0.3) is 0 Å². The van der Waals surface area contributed by atoms with Crippen molar-refractivity contribution in [3.05, 3.63) is 58.2 Å². The molecule has 0 unspecified atom stereocenters. The van der Waals surface area contributed by atoms with Gasteiger partial charge in [0, 0.05) is 25.1 Å². The Morgan fingerprint density at radius 1 is 1.14 bits per heavy atom. The second kappa shape index (κ2) is 12.3. The number of para-hydroxylation sites is 1. The van der Waals surface area contributed by atoms with Crippen LogP contribution in [-0.2, 0) is 21.1 Å². The number of aromatic nitrogens is 2. The maximum absolute atomic E-state index is 13.0. The average molecular weight is 627 g/mol. The third-order valence-corrected chi connectivity index (χ3v) is 10.6. The third-order valence-electron chi connectivity index (χ3n) is 8.10. The lowest BCUT2D eigenvalue weighted by molar-refractivity contribution is -0.133. The summed E-state index contributed by atoms with van der Waals surface area (Å²) in [4.78, 5) is 23.4. The van der Waals surface area contributed by atoms with Crippen molar-refractivity contribution in [2.24, 2.45) is 5.73 Å². The van der Waals surface area contributed by atoms with Crippen LogP contribution in [0.3, 0.4) is 0 Å². The van der Waals surface area contributed by atoms with Gasteiger partial charge < -0.3 is 26.0 Å². The number of nitrogens with two attached hydrogens (primary N) is 1. The van der Waals surface area contributed by atoms with Crippen molar-refractivity contribution in [3.63, 3.8) is 0 Å². The second-order valence-electron chi connectivity index (χ2n) is 11.7. The number of anilines is 4. The van der Waals surface area contributed by atoms with E-state index >= 15 is 0 Å². The summed E-state index contributed by atoms with van der Waals surface area (Å²) < 4.78 is 32.2. The van der Waals surface area contributed by atoms with Gasteiger partial charge in [-0.2, -0.15) is 4.98 Å². The summed E-state index contributed by atoms with van der Waals surface area (Å²) in [5, 5.41) is 6.07. The molecule has 0 spiro atoms. The quantitative estimate of drug-likeness (QED) is 0.296. The minimum absolute atomic E-state index is 0.00115. The summed E-state index contributed by atoms with van der Waals surface area (Å²) >= 11 is 6.45. The van der Waals surface area contributed by atoms with Gasteiger partial charge in [-0.05, 0) is 82.7 Å². The number of nitrogens with one attached hydrogen (secondary N) is 2. The Morgan fingerprint density at radius 3 is 2.51 bits per heavy atom. The highest BCUT2D eigenvalue weighted by molar-refractivity contribution is 7.92. The summed E-state index contributed by atoms with van der Waals surface area (Å²) in [7, 11) is -3.55. The molecule has 3 aromatic rings. The first-order chi connectivity index (χ1) is 20.4. The fourth-order valence-corrected chi connectivity index (χ4v) is 7.26. The van der Waals surface area contributed by atoms with Crippen molar-refractivity contribution in [1.82, 2.24) is 14.9 Å². The van der Waals surface area contributed by atoms with E-state index in [4.69, 9.17) is 22.1 Å². The van der Waals surface area contributed by atoms with E-state index in [-0.39, 0.29) is 33.7 Å². The van der Waals surface area contributed by atoms with Gasteiger partial charge in [-0.1, -0.05) is 23.7 Å². The number of carbonyl (C=O) groups excluding carboxylic acids is 1. The maximum Gasteiger partial charge on any atom is 0.239 e. The van der Waals surface area contributed by atoms with E-state index in [1.54, 1.807) is 45.0 Å². The summed E-state index contributed by atoms with van der Waals surface area (Å²) in [6, 6.07) is 8.26. The summed E-state index contributed by atoms with van der Waals surface area (Å²) in [6.07, 6.45) is 4.02. The van der Waals surface area contributed by atoms with Gasteiger partial charge in [-0.15, -0.1) is 0 Å². The van der Waals surface area contributed by atoms with Crippen LogP contribution in [0.2, 0.25) is 5.02 Å². The van der Waals surface area contributed by atoms with Gasteiger partial charge in [0.1, 0.15) is 16.9 Å². The summed E-state index contributed by atoms with van der Waals surface area (Å²) in [5.41, 5.74) is 10.6. The predicted molar refractivity (Wildman–Crippen MR) is 170 cm³/mol. The van der Waals surface area contributed by atoms with Crippen LogP contribution in [-0.4, -0.2) is 59.7 Å². The molecular weight excluding hydrogens is 588 g/mol. The number of nitrogens with zero attached hydrogens (tertiary/aromatic N) is 3. The molecule has 4 N–H and O–H groups in total. The van der Waals surface area contributed by atoms with Crippen molar-refractivity contribution in [3.8, 4) is 5.75 Å². The zero-order valence-corrected chi connectivity index (χ0v) is 26.7. The molecule has 2 aliphatic rings. The summed E-state index contributed by atoms with van der Waals surface area (Å²) in [6.45, 7) is 10.5. The van der Waals surface area contributed by atoms with E-state index < -0.39 is 21.1 Å². The van der Waals surface area contributed by atoms with Crippen molar-refractivity contribution < 1.29 is 17.9 Å². The fraction of sp³-hybridized carbons (Fsp3) is 0.452. The zero-order valence-electron chi connectivity index (χ0n) is 25.1. The van der Waals surface area contributed by atoms with Gasteiger partial charge >= 0.3 is 0 Å². The number of hydrogen-bond acceptors (Lipinski definition) is 9. The maximum atomic E-state index is 13.0. The number of fused-ring (bicyclic) bond motifs is 1. The molecule has 0 aliphatic carbocycles. The first-order valence-corrected chi connectivity index (χ1v) is 16.6. The molecule has 230 valence electrons. The van der Waals surface area contributed by atoms with Crippen molar-refractivity contribution >= 4 is 50.5 Å². The Hall–Kier alpha value is -3.41. The molecule has 1 amide bonds. The lowest BCUT2D eigenvalue weighted by Gasteiger charge is -2.34. The molecule has 2 aromatic carbocycles. The Bertz CT molecular complexity index is 1640. The van der Waals surface area contributed by atoms with E-state index in [2.05, 4.69) is 40.5 Å². The number of aryl methyl sites for hydroxylation is 1. The molecule has 0 bridgehead atoms. The van der Waals surface area contributed by atoms with E-state index in [1.165, 1.54) is 17.3 Å². The number of hydrogen-bond donors (Lipinski definition) is 3. The molecule has 5 rings (SSSR count). The molecule has 0 radical (unpaired) electrons. The number of amides is 1. The molecule has 2 atom stereocenters. The van der Waals surface area contributed by atoms with Crippen molar-refractivity contribution in [2.45, 2.75) is 82.1 Å². The molecule has 1 saturated heterocycles. The van der Waals surface area contributed by atoms with Gasteiger partial charge in [0.25, 0.3) is 0 Å². The largest absolute Gasteiger partial charge is 0.488 e. The lowest BCUT2D eigenvalue weighted by atomic mass is 9.82. The number of halogens is 1. The van der Waals surface area contributed by atoms with E-state index in [9.17, 15) is 13.2 Å². The number of carbonyl (C=O) groups is 1. The Kier molecular flexibility index (Phi) is 8.87. The van der Waals surface area contributed by atoms with Crippen molar-refractivity contribution in [1.29, 1.82) is 0 Å². The van der Waals surface area contributed by atoms with Gasteiger partial charge in [0.15, 0.2) is 15.7 Å². The predicted octanol–water partition coefficient (Wildman–Crippen LogP) is 5.48. The molecule has 3 heterocycles. The van der Waals surface area contributed by atoms with Crippen LogP contribution in [0.15, 0.2) is 41.4 Å². The molecule has 2 aliphatic heterocycles. The normalized spacial score (nSPS) is 17.9. The molecular formula is C31H39ClN6O4S. The van der Waals surface area contributed by atoms with Crippen LogP contribution in [0.5, 0.6) is 5.75 Å². The van der Waals surface area contributed by atoms with Crippen LogP contribution in [0.1, 0.15) is 63.1 Å². The number of piperidine rings is 1. The molecule has 0 saturated carbocycles. The molecule has 43 heavy (non-hydrogen) atoms. The van der Waals surface area contributed by atoms with E-state index in [0.717, 1.165) is 36.3 Å². The smallest absolute Gasteiger partial charge is 0.239 e. The second-order valence-corrected chi connectivity index (χ2v) is 14.6. The first kappa shape index (κ1) is 31.0. The summed E-state index contributed by atoms with van der Waals surface area (Å²) in [5.74, 6) is 1.66. The minimum Gasteiger partial charge on any atom is -0.488 e. The van der Waals surface area contributed by atoms with Crippen LogP contribution in [0.4, 0.5) is 23.1 Å². The zero-order chi connectivity index (χ0) is 31.1. The molecule has 1 aromatic heterocycles. The Morgan fingerprint density at radius 2 is 1.84 bits per heavy atom. The minimum atomic E-state index is -3.55. The SMILES string of the molecule is Cc1cc(Nc2ncc(Cl)c(Nc3ccccc3S(=O)(=O)C(C)C)n2)c2c(c1C1CCN(C(=O)[C@H](C)N)CC1)C[C@H](C)O2. The molecule has 10 nitrogen and oxygen atoms in total. The fourth-order valence-electron chi connectivity index (χ4n) is 5.92. The standard InChI is InChI=1S/C31H39ClN6O4S/c1-17(2)43(40,41)26-9-7-6-8-24(26)35-29-23(32)16-34-31(37-29)36-25-14-18(3)27(22-15-19(4)42-28(22)25)21-10-12-38(13-11-21)30(39)20(5)33/h6-9,14,16-17,19-21H,10-13,15,33H2,1-5H3,(H2,34,35,36,37)/t19-,20-/m0/s1.